The Bertz CT molecular complexity index is 862. The molecular weight excluding hydrogens is 300 g/mol. The van der Waals surface area contributed by atoms with E-state index in [0.29, 0.717) is 6.04 Å². The van der Waals surface area contributed by atoms with Gasteiger partial charge in [-0.25, -0.2) is 9.97 Å². The molecular formula is C18H24N6. The first-order valence-electron chi connectivity index (χ1n) is 8.78. The molecule has 2 aromatic heterocycles. The van der Waals surface area contributed by atoms with Crippen LogP contribution in [0.5, 0.6) is 0 Å². The zero-order chi connectivity index (χ0) is 16.7. The lowest BCUT2D eigenvalue weighted by Crippen LogP contribution is -2.22. The predicted molar refractivity (Wildman–Crippen MR) is 94.3 cm³/mol. The first kappa shape index (κ1) is 15.3. The second kappa shape index (κ2) is 6.02. The number of likely N-dealkylation sites (tertiary alicyclic amines) is 1. The maximum atomic E-state index is 4.88. The Balaban J connectivity index is 1.90. The van der Waals surface area contributed by atoms with Crippen LogP contribution in [-0.2, 0) is 6.54 Å². The normalized spacial score (nSPS) is 18.7. The summed E-state index contributed by atoms with van der Waals surface area (Å²) in [6.45, 7) is 6.19. The van der Waals surface area contributed by atoms with Crippen LogP contribution in [-0.4, -0.2) is 42.8 Å². The maximum Gasteiger partial charge on any atom is 0.233 e. The van der Waals surface area contributed by atoms with Crippen LogP contribution in [0, 0.1) is 6.92 Å². The number of aryl methyl sites for hydroxylation is 2. The van der Waals surface area contributed by atoms with E-state index in [-0.39, 0.29) is 0 Å². The molecule has 1 aromatic carbocycles. The van der Waals surface area contributed by atoms with E-state index >= 15 is 0 Å². The molecule has 4 rings (SSSR count). The summed E-state index contributed by atoms with van der Waals surface area (Å²) in [5, 5.41) is 4.69. The Hall–Kier alpha value is -2.21. The Morgan fingerprint density at radius 3 is 2.79 bits per heavy atom. The summed E-state index contributed by atoms with van der Waals surface area (Å²) in [6, 6.07) is 8.62. The summed E-state index contributed by atoms with van der Waals surface area (Å²) < 4.78 is 4.24. The van der Waals surface area contributed by atoms with Gasteiger partial charge < -0.3 is 4.57 Å². The zero-order valence-electron chi connectivity index (χ0n) is 14.6. The lowest BCUT2D eigenvalue weighted by Gasteiger charge is -2.19. The monoisotopic (exact) mass is 324 g/mol. The number of imidazole rings is 1. The fourth-order valence-electron chi connectivity index (χ4n) is 3.70. The van der Waals surface area contributed by atoms with E-state index < -0.39 is 0 Å². The van der Waals surface area contributed by atoms with Gasteiger partial charge in [-0.05, 0) is 51.9 Å². The quantitative estimate of drug-likeness (QED) is 0.740. The zero-order valence-corrected chi connectivity index (χ0v) is 14.6. The third-order valence-electron chi connectivity index (χ3n) is 4.83. The highest BCUT2D eigenvalue weighted by Crippen LogP contribution is 2.31. The van der Waals surface area contributed by atoms with E-state index in [9.17, 15) is 0 Å². The first-order chi connectivity index (χ1) is 11.7. The van der Waals surface area contributed by atoms with Crippen molar-refractivity contribution >= 4 is 11.0 Å². The van der Waals surface area contributed by atoms with E-state index in [2.05, 4.69) is 41.6 Å². The number of fused-ring (bicyclic) bond motifs is 1. The van der Waals surface area contributed by atoms with Gasteiger partial charge in [-0.3, -0.25) is 4.90 Å². The molecule has 0 saturated carbocycles. The Morgan fingerprint density at radius 1 is 1.21 bits per heavy atom. The molecule has 24 heavy (non-hydrogen) atoms. The smallest absolute Gasteiger partial charge is 0.233 e. The van der Waals surface area contributed by atoms with Crippen LogP contribution in [0.4, 0.5) is 0 Å². The second-order valence-corrected chi connectivity index (χ2v) is 6.62. The molecule has 0 amide bonds. The van der Waals surface area contributed by atoms with Crippen LogP contribution in [0.1, 0.15) is 43.9 Å². The van der Waals surface area contributed by atoms with E-state index in [0.717, 1.165) is 54.6 Å². The summed E-state index contributed by atoms with van der Waals surface area (Å²) in [6.07, 6.45) is 3.39. The molecule has 1 saturated heterocycles. The average Bonchev–Trinajstić information content (AvgIpc) is 3.25. The number of hydrogen-bond acceptors (Lipinski definition) is 4. The topological polar surface area (TPSA) is 51.8 Å². The fraction of sp³-hybridized carbons (Fsp3) is 0.500. The summed E-state index contributed by atoms with van der Waals surface area (Å²) in [5.74, 6) is 2.70. The molecule has 0 unspecified atom stereocenters. The summed E-state index contributed by atoms with van der Waals surface area (Å²) in [4.78, 5) is 12.0. The minimum absolute atomic E-state index is 0.320. The van der Waals surface area contributed by atoms with E-state index in [1.165, 1.54) is 6.42 Å². The van der Waals surface area contributed by atoms with Crippen molar-refractivity contribution in [1.82, 2.24) is 29.2 Å². The summed E-state index contributed by atoms with van der Waals surface area (Å²) >= 11 is 0. The average molecular weight is 324 g/mol. The standard InChI is InChI=1S/C18H24N6/c1-4-11-23-15-9-6-5-8-14(15)20-18(23)24-17(19-13(2)21-24)16-10-7-12-22(16)3/h5-6,8-9,16H,4,7,10-12H2,1-3H3/t16-/m0/s1. The molecule has 0 N–H and O–H groups in total. The molecule has 6 heteroatoms. The number of hydrogen-bond donors (Lipinski definition) is 0. The second-order valence-electron chi connectivity index (χ2n) is 6.62. The molecule has 1 aliphatic rings. The van der Waals surface area contributed by atoms with E-state index in [1.807, 2.05) is 17.7 Å². The van der Waals surface area contributed by atoms with Gasteiger partial charge >= 0.3 is 0 Å². The van der Waals surface area contributed by atoms with Gasteiger partial charge in [0.05, 0.1) is 17.1 Å². The van der Waals surface area contributed by atoms with Crippen molar-refractivity contribution in [2.75, 3.05) is 13.6 Å². The number of nitrogens with zero attached hydrogens (tertiary/aromatic N) is 6. The number of para-hydroxylation sites is 2. The summed E-state index contributed by atoms with van der Waals surface area (Å²) in [5.41, 5.74) is 2.17. The molecule has 0 radical (unpaired) electrons. The molecule has 3 heterocycles. The van der Waals surface area contributed by atoms with Crippen molar-refractivity contribution in [2.24, 2.45) is 0 Å². The SMILES string of the molecule is CCCn1c(-n2nc(C)nc2[C@@H]2CCCN2C)nc2ccccc21. The van der Waals surface area contributed by atoms with E-state index in [4.69, 9.17) is 15.1 Å². The fourth-order valence-corrected chi connectivity index (χ4v) is 3.70. The third kappa shape index (κ3) is 2.41. The molecule has 0 spiro atoms. The van der Waals surface area contributed by atoms with Crippen molar-refractivity contribution in [3.63, 3.8) is 0 Å². The molecule has 3 aromatic rings. The van der Waals surface area contributed by atoms with Crippen LogP contribution in [0.3, 0.4) is 0 Å². The van der Waals surface area contributed by atoms with Crippen molar-refractivity contribution in [3.8, 4) is 5.95 Å². The highest BCUT2D eigenvalue weighted by atomic mass is 15.4. The van der Waals surface area contributed by atoms with Crippen LogP contribution >= 0.6 is 0 Å². The predicted octanol–water partition coefficient (Wildman–Crippen LogP) is 3.10. The first-order valence-corrected chi connectivity index (χ1v) is 8.78. The number of rotatable bonds is 4. The Morgan fingerprint density at radius 2 is 2.04 bits per heavy atom. The van der Waals surface area contributed by atoms with Gasteiger partial charge in [0, 0.05) is 6.54 Å². The van der Waals surface area contributed by atoms with Gasteiger partial charge in [0.15, 0.2) is 5.82 Å². The van der Waals surface area contributed by atoms with Crippen molar-refractivity contribution in [3.05, 3.63) is 35.9 Å². The lowest BCUT2D eigenvalue weighted by atomic mass is 10.2. The van der Waals surface area contributed by atoms with E-state index in [1.54, 1.807) is 0 Å². The Labute approximate surface area is 142 Å². The van der Waals surface area contributed by atoms with Gasteiger partial charge in [0.25, 0.3) is 0 Å². The van der Waals surface area contributed by atoms with Crippen LogP contribution in [0.25, 0.3) is 17.0 Å². The van der Waals surface area contributed by atoms with Gasteiger partial charge in [-0.1, -0.05) is 19.1 Å². The maximum absolute atomic E-state index is 4.88. The highest BCUT2D eigenvalue weighted by Gasteiger charge is 2.29. The van der Waals surface area contributed by atoms with Gasteiger partial charge in [-0.15, -0.1) is 5.10 Å². The minimum atomic E-state index is 0.320. The van der Waals surface area contributed by atoms with Crippen molar-refractivity contribution < 1.29 is 0 Å². The molecule has 0 bridgehead atoms. The third-order valence-corrected chi connectivity index (χ3v) is 4.83. The number of benzene rings is 1. The van der Waals surface area contributed by atoms with Gasteiger partial charge in [0.2, 0.25) is 5.95 Å². The molecule has 6 nitrogen and oxygen atoms in total. The van der Waals surface area contributed by atoms with Crippen LogP contribution in [0.15, 0.2) is 24.3 Å². The summed E-state index contributed by atoms with van der Waals surface area (Å²) in [7, 11) is 2.17. The minimum Gasteiger partial charge on any atom is -0.308 e. The van der Waals surface area contributed by atoms with Crippen LogP contribution in [0.2, 0.25) is 0 Å². The highest BCUT2D eigenvalue weighted by molar-refractivity contribution is 5.77. The van der Waals surface area contributed by atoms with Crippen molar-refractivity contribution in [2.45, 2.75) is 45.7 Å². The molecule has 1 fully saturated rings. The molecule has 126 valence electrons. The van der Waals surface area contributed by atoms with Gasteiger partial charge in [-0.2, -0.15) is 4.68 Å². The lowest BCUT2D eigenvalue weighted by molar-refractivity contribution is 0.300. The largest absolute Gasteiger partial charge is 0.308 e. The number of aromatic nitrogens is 5. The van der Waals surface area contributed by atoms with Gasteiger partial charge in [0.1, 0.15) is 5.82 Å². The Kier molecular flexibility index (Phi) is 3.84. The molecule has 1 atom stereocenters. The molecule has 1 aliphatic heterocycles. The van der Waals surface area contributed by atoms with Crippen molar-refractivity contribution in [1.29, 1.82) is 0 Å². The molecule has 0 aliphatic carbocycles. The van der Waals surface area contributed by atoms with Crippen LogP contribution < -0.4 is 0 Å².